The van der Waals surface area contributed by atoms with Crippen LogP contribution in [0.5, 0.6) is 0 Å². The van der Waals surface area contributed by atoms with Gasteiger partial charge in [-0.05, 0) is 86.7 Å². The van der Waals surface area contributed by atoms with Gasteiger partial charge in [-0.25, -0.2) is 9.59 Å². The summed E-state index contributed by atoms with van der Waals surface area (Å²) >= 11 is 0. The number of piperidine rings is 1. The van der Waals surface area contributed by atoms with Crippen LogP contribution in [0.4, 0.5) is 45.2 Å². The molecule has 2 saturated heterocycles. The van der Waals surface area contributed by atoms with Crippen molar-refractivity contribution in [3.63, 3.8) is 0 Å². The van der Waals surface area contributed by atoms with Crippen molar-refractivity contribution < 1.29 is 64.1 Å². The molecule has 3 N–H and O–H groups in total. The summed E-state index contributed by atoms with van der Waals surface area (Å²) in [6.07, 6.45) is -12.4. The van der Waals surface area contributed by atoms with Gasteiger partial charge in [0.1, 0.15) is 5.69 Å². The highest BCUT2D eigenvalue weighted by Crippen LogP contribution is 2.35. The van der Waals surface area contributed by atoms with Gasteiger partial charge in [0, 0.05) is 54.9 Å². The first-order valence-corrected chi connectivity index (χ1v) is 17.3. The number of likely N-dealkylation sites (tertiary alicyclic amines) is 1. The van der Waals surface area contributed by atoms with Gasteiger partial charge in [-0.2, -0.15) is 39.5 Å². The Balaban J connectivity index is 0.000000425. The Labute approximate surface area is 315 Å². The molecule has 0 unspecified atom stereocenters. The Morgan fingerprint density at radius 2 is 1.23 bits per heavy atom. The van der Waals surface area contributed by atoms with E-state index in [0.717, 1.165) is 48.5 Å². The number of carboxylic acid groups (broad SMARTS) is 2. The summed E-state index contributed by atoms with van der Waals surface area (Å²) in [5, 5.41) is 15.3. The maximum Gasteiger partial charge on any atom is 0.490 e. The van der Waals surface area contributed by atoms with Gasteiger partial charge >= 0.3 is 30.5 Å². The maximum atomic E-state index is 13.9. The Bertz CT molecular complexity index is 1950. The number of H-pyrrole nitrogens is 1. The predicted molar refractivity (Wildman–Crippen MR) is 188 cm³/mol. The minimum Gasteiger partial charge on any atom is -0.475 e. The molecule has 0 aliphatic carbocycles. The number of nitrogens with zero attached hydrogens (tertiary/aromatic N) is 3. The van der Waals surface area contributed by atoms with Crippen LogP contribution in [0.1, 0.15) is 57.1 Å². The molecule has 0 saturated carbocycles. The number of aliphatic carboxylic acids is 2. The van der Waals surface area contributed by atoms with Crippen LogP contribution >= 0.6 is 0 Å². The number of aryl methyl sites for hydroxylation is 2. The second-order valence-electron chi connectivity index (χ2n) is 13.3. The van der Waals surface area contributed by atoms with Crippen molar-refractivity contribution in [3.8, 4) is 0 Å². The Morgan fingerprint density at radius 1 is 0.714 bits per heavy atom. The van der Waals surface area contributed by atoms with E-state index in [0.29, 0.717) is 50.0 Å². The van der Waals surface area contributed by atoms with Crippen LogP contribution in [0.25, 0.3) is 10.9 Å². The number of para-hydroxylation sites is 1. The van der Waals surface area contributed by atoms with Crippen LogP contribution in [-0.4, -0.2) is 94.5 Å². The predicted octanol–water partition coefficient (Wildman–Crippen LogP) is 8.41. The van der Waals surface area contributed by atoms with E-state index in [1.165, 1.54) is 28.8 Å². The van der Waals surface area contributed by atoms with Crippen LogP contribution in [0, 0.1) is 13.8 Å². The number of alkyl halides is 9. The molecule has 6 rings (SSSR count). The zero-order valence-corrected chi connectivity index (χ0v) is 30.2. The van der Waals surface area contributed by atoms with Crippen LogP contribution in [0.2, 0.25) is 0 Å². The van der Waals surface area contributed by atoms with E-state index in [1.807, 2.05) is 28.0 Å². The van der Waals surface area contributed by atoms with Gasteiger partial charge in [-0.15, -0.1) is 0 Å². The summed E-state index contributed by atoms with van der Waals surface area (Å²) in [5.74, 6) is -5.00. The van der Waals surface area contributed by atoms with E-state index in [1.54, 1.807) is 6.07 Å². The number of fused-ring (bicyclic) bond motifs is 1. The van der Waals surface area contributed by atoms with Crippen molar-refractivity contribution in [3.05, 3.63) is 100 Å². The van der Waals surface area contributed by atoms with E-state index in [2.05, 4.69) is 48.0 Å². The van der Waals surface area contributed by atoms with Gasteiger partial charge in [0.15, 0.2) is 0 Å². The molecule has 304 valence electrons. The van der Waals surface area contributed by atoms with Crippen LogP contribution in [0.15, 0.2) is 66.7 Å². The number of hydrogen-bond acceptors (Lipinski definition) is 5. The zero-order valence-electron chi connectivity index (χ0n) is 30.2. The average Bonchev–Trinajstić information content (AvgIpc) is 3.49. The molecule has 2 aliphatic heterocycles. The highest BCUT2D eigenvalue weighted by atomic mass is 19.4. The topological polar surface area (TPSA) is 117 Å². The number of aromatic nitrogens is 1. The number of halogens is 9. The summed E-state index contributed by atoms with van der Waals surface area (Å²) in [5.41, 5.74) is 6.71. The number of carbonyl (C=O) groups excluding carboxylic acids is 1. The third-order valence-electron chi connectivity index (χ3n) is 9.54. The fourth-order valence-corrected chi connectivity index (χ4v) is 6.83. The van der Waals surface area contributed by atoms with E-state index in [4.69, 9.17) is 19.8 Å². The Morgan fingerprint density at radius 3 is 1.75 bits per heavy atom. The lowest BCUT2D eigenvalue weighted by Gasteiger charge is -2.36. The quantitative estimate of drug-likeness (QED) is 0.174. The molecule has 0 spiro atoms. The van der Waals surface area contributed by atoms with Crippen molar-refractivity contribution in [2.75, 3.05) is 44.2 Å². The van der Waals surface area contributed by atoms with Crippen molar-refractivity contribution in [2.24, 2.45) is 0 Å². The number of anilines is 1. The van der Waals surface area contributed by atoms with Crippen LogP contribution < -0.4 is 4.90 Å². The SMILES string of the molecule is Cc1cccc(C)c1C1CCN(Cc2c(C(=O)N3CCN(c4cccc(C(F)(F)F)c4)CC3)[nH]c3ccccc23)CC1.O=C(O)C(F)(F)F.O=C(O)C(F)(F)F. The monoisotopic (exact) mass is 802 g/mol. The van der Waals surface area contributed by atoms with E-state index in [9.17, 15) is 44.3 Å². The number of carbonyl (C=O) groups is 3. The fourth-order valence-electron chi connectivity index (χ4n) is 6.83. The van der Waals surface area contributed by atoms with E-state index >= 15 is 0 Å². The molecule has 0 atom stereocenters. The number of aromatic amines is 1. The molecule has 2 fully saturated rings. The molecule has 18 heteroatoms. The first kappa shape index (κ1) is 43.5. The Kier molecular flexibility index (Phi) is 13.7. The van der Waals surface area contributed by atoms with E-state index in [-0.39, 0.29) is 5.91 Å². The molecule has 9 nitrogen and oxygen atoms in total. The van der Waals surface area contributed by atoms with Crippen molar-refractivity contribution in [1.82, 2.24) is 14.8 Å². The largest absolute Gasteiger partial charge is 0.490 e. The maximum absolute atomic E-state index is 13.9. The summed E-state index contributed by atoms with van der Waals surface area (Å²) < 4.78 is 103. The Hall–Kier alpha value is -5.26. The first-order valence-electron chi connectivity index (χ1n) is 17.3. The fraction of sp³-hybridized carbons (Fsp3) is 0.395. The van der Waals surface area contributed by atoms with Crippen molar-refractivity contribution in [2.45, 2.75) is 57.7 Å². The van der Waals surface area contributed by atoms with Gasteiger partial charge in [0.05, 0.1) is 5.56 Å². The summed E-state index contributed by atoms with van der Waals surface area (Å²) in [6.45, 7) is 8.92. The number of carboxylic acids is 2. The smallest absolute Gasteiger partial charge is 0.475 e. The highest BCUT2D eigenvalue weighted by Gasteiger charge is 2.39. The third kappa shape index (κ3) is 11.2. The van der Waals surface area contributed by atoms with Gasteiger partial charge in [0.25, 0.3) is 5.91 Å². The van der Waals surface area contributed by atoms with Gasteiger partial charge in [0.2, 0.25) is 0 Å². The molecule has 0 bridgehead atoms. The number of piperazine rings is 1. The number of hydrogen-bond donors (Lipinski definition) is 3. The molecular formula is C38H39F9N4O5. The van der Waals surface area contributed by atoms with Gasteiger partial charge < -0.3 is 25.0 Å². The van der Waals surface area contributed by atoms with Crippen molar-refractivity contribution in [1.29, 1.82) is 0 Å². The summed E-state index contributed by atoms with van der Waals surface area (Å²) in [6, 6.07) is 20.0. The lowest BCUT2D eigenvalue weighted by molar-refractivity contribution is -0.193. The van der Waals surface area contributed by atoms with Crippen LogP contribution in [0.3, 0.4) is 0 Å². The third-order valence-corrected chi connectivity index (χ3v) is 9.54. The molecule has 1 amide bonds. The van der Waals surface area contributed by atoms with Gasteiger partial charge in [-0.1, -0.05) is 42.5 Å². The van der Waals surface area contributed by atoms with Crippen molar-refractivity contribution >= 4 is 34.4 Å². The van der Waals surface area contributed by atoms with Crippen LogP contribution in [-0.2, 0) is 22.3 Å². The second-order valence-corrected chi connectivity index (χ2v) is 13.3. The van der Waals surface area contributed by atoms with E-state index < -0.39 is 36.0 Å². The number of amides is 1. The standard InChI is InChI=1S/C34H37F3N4O.2C2HF3O2/c1-23-7-5-8-24(2)31(23)25-13-15-39(16-14-25)22-29-28-11-3-4-12-30(28)38-32(29)33(42)41-19-17-40(18-20-41)27-10-6-9-26(21-27)34(35,36)37;2*3-2(4,5)1(6)7/h3-12,21,25,38H,13-20,22H2,1-2H3;2*(H,6,7). The second kappa shape index (κ2) is 17.7. The molecule has 4 aromatic rings. The molecule has 1 aromatic heterocycles. The first-order chi connectivity index (χ1) is 26.1. The van der Waals surface area contributed by atoms with Gasteiger partial charge in [-0.3, -0.25) is 9.69 Å². The lowest BCUT2D eigenvalue weighted by Crippen LogP contribution is -2.49. The highest BCUT2D eigenvalue weighted by molar-refractivity contribution is 6.01. The normalized spacial score (nSPS) is 15.8. The molecule has 0 radical (unpaired) electrons. The molecule has 3 heterocycles. The summed E-state index contributed by atoms with van der Waals surface area (Å²) in [7, 11) is 0. The minimum atomic E-state index is -5.08. The molecular weight excluding hydrogens is 763 g/mol. The molecule has 3 aromatic carbocycles. The average molecular weight is 803 g/mol. The number of nitrogens with one attached hydrogen (secondary N) is 1. The zero-order chi connectivity index (χ0) is 41.6. The lowest BCUT2D eigenvalue weighted by atomic mass is 9.84. The number of benzene rings is 3. The summed E-state index contributed by atoms with van der Waals surface area (Å²) in [4.78, 5) is 41.3. The molecule has 56 heavy (non-hydrogen) atoms. The molecule has 2 aliphatic rings. The minimum absolute atomic E-state index is 0.0460. The number of rotatable bonds is 5.